The van der Waals surface area contributed by atoms with Gasteiger partial charge in [-0.05, 0) is 28.5 Å². The number of hydrogen-bond acceptors (Lipinski definition) is 4. The van der Waals surface area contributed by atoms with Crippen molar-refractivity contribution in [1.29, 1.82) is 0 Å². The summed E-state index contributed by atoms with van der Waals surface area (Å²) in [6.07, 6.45) is 0.114. The normalized spacial score (nSPS) is 10.3. The molecule has 0 bridgehead atoms. The molecule has 0 aliphatic heterocycles. The topological polar surface area (TPSA) is 64.6 Å². The first-order valence-electron chi connectivity index (χ1n) is 8.22. The lowest BCUT2D eigenvalue weighted by Crippen LogP contribution is -2.22. The zero-order valence-electron chi connectivity index (χ0n) is 14.4. The summed E-state index contributed by atoms with van der Waals surface area (Å²) in [6, 6.07) is 20.7. The van der Waals surface area contributed by atoms with Gasteiger partial charge in [-0.3, -0.25) is 9.59 Å². The number of methoxy groups -OCH3 is 1. The van der Waals surface area contributed by atoms with Crippen LogP contribution in [0.2, 0.25) is 0 Å². The third-order valence-corrected chi connectivity index (χ3v) is 3.96. The van der Waals surface area contributed by atoms with E-state index in [1.807, 2.05) is 42.5 Å². The maximum Gasteiger partial charge on any atom is 0.310 e. The predicted octanol–water partition coefficient (Wildman–Crippen LogP) is 3.57. The quantitative estimate of drug-likeness (QED) is 0.691. The highest BCUT2D eigenvalue weighted by atomic mass is 16.5. The van der Waals surface area contributed by atoms with Crippen LogP contribution in [0.4, 0.5) is 5.69 Å². The molecule has 0 unspecified atom stereocenters. The van der Waals surface area contributed by atoms with Crippen molar-refractivity contribution in [2.75, 3.05) is 19.0 Å². The molecule has 3 aromatic rings. The lowest BCUT2D eigenvalue weighted by atomic mass is 10.0. The van der Waals surface area contributed by atoms with Crippen molar-refractivity contribution in [1.82, 2.24) is 0 Å². The van der Waals surface area contributed by atoms with E-state index in [1.54, 1.807) is 24.3 Å². The minimum atomic E-state index is -0.448. The lowest BCUT2D eigenvalue weighted by Gasteiger charge is -2.10. The van der Waals surface area contributed by atoms with Gasteiger partial charge in [-0.2, -0.15) is 0 Å². The number of anilines is 1. The van der Waals surface area contributed by atoms with E-state index in [-0.39, 0.29) is 13.0 Å². The third kappa shape index (κ3) is 4.19. The molecule has 3 rings (SSSR count). The van der Waals surface area contributed by atoms with Crippen molar-refractivity contribution in [3.05, 3.63) is 72.3 Å². The van der Waals surface area contributed by atoms with Crippen LogP contribution in [0.5, 0.6) is 5.75 Å². The van der Waals surface area contributed by atoms with E-state index in [9.17, 15) is 9.59 Å². The molecule has 0 aliphatic carbocycles. The van der Waals surface area contributed by atoms with Gasteiger partial charge in [0.1, 0.15) is 5.75 Å². The number of amides is 1. The molecule has 0 heterocycles. The molecule has 5 heteroatoms. The van der Waals surface area contributed by atoms with Gasteiger partial charge in [0, 0.05) is 0 Å². The van der Waals surface area contributed by atoms with Gasteiger partial charge >= 0.3 is 5.97 Å². The molecule has 0 atom stereocenters. The summed E-state index contributed by atoms with van der Waals surface area (Å²) in [6.45, 7) is -0.346. The first-order chi connectivity index (χ1) is 12.7. The number of nitrogens with one attached hydrogen (secondary N) is 1. The van der Waals surface area contributed by atoms with Gasteiger partial charge in [-0.25, -0.2) is 0 Å². The molecule has 0 spiro atoms. The summed E-state index contributed by atoms with van der Waals surface area (Å²) in [4.78, 5) is 24.1. The van der Waals surface area contributed by atoms with Gasteiger partial charge < -0.3 is 14.8 Å². The molecule has 0 aromatic heterocycles. The minimum absolute atomic E-state index is 0.114. The molecule has 0 fully saturated rings. The standard InChI is InChI=1S/C21H19NO4/c1-25-19-12-5-4-11-18(19)22-20(23)14-26-21(24)13-16-9-6-8-15-7-2-3-10-17(15)16/h2-12H,13-14H2,1H3,(H,22,23). The van der Waals surface area contributed by atoms with Crippen LogP contribution in [-0.2, 0) is 20.7 Å². The third-order valence-electron chi connectivity index (χ3n) is 3.96. The van der Waals surface area contributed by atoms with E-state index in [1.165, 1.54) is 7.11 Å². The maximum absolute atomic E-state index is 12.1. The van der Waals surface area contributed by atoms with Gasteiger partial charge in [-0.1, -0.05) is 54.6 Å². The Kier molecular flexibility index (Phi) is 5.49. The van der Waals surface area contributed by atoms with Gasteiger partial charge in [0.05, 0.1) is 19.2 Å². The lowest BCUT2D eigenvalue weighted by molar-refractivity contribution is -0.146. The number of carbonyl (C=O) groups is 2. The van der Waals surface area contributed by atoms with E-state index < -0.39 is 11.9 Å². The molecule has 1 N–H and O–H groups in total. The number of fused-ring (bicyclic) bond motifs is 1. The highest BCUT2D eigenvalue weighted by molar-refractivity contribution is 5.94. The van der Waals surface area contributed by atoms with E-state index in [2.05, 4.69) is 5.32 Å². The number of benzene rings is 3. The Morgan fingerprint density at radius 1 is 0.923 bits per heavy atom. The zero-order chi connectivity index (χ0) is 18.4. The number of rotatable bonds is 6. The summed E-state index contributed by atoms with van der Waals surface area (Å²) < 4.78 is 10.3. The van der Waals surface area contributed by atoms with E-state index >= 15 is 0 Å². The first kappa shape index (κ1) is 17.5. The number of carbonyl (C=O) groups excluding carboxylic acids is 2. The second-order valence-electron chi connectivity index (χ2n) is 5.72. The van der Waals surface area contributed by atoms with Crippen LogP contribution in [0.3, 0.4) is 0 Å². The fourth-order valence-corrected chi connectivity index (χ4v) is 2.73. The second kappa shape index (κ2) is 8.16. The molecule has 0 radical (unpaired) electrons. The number of para-hydroxylation sites is 2. The maximum atomic E-state index is 12.1. The monoisotopic (exact) mass is 349 g/mol. The highest BCUT2D eigenvalue weighted by Gasteiger charge is 2.12. The molecule has 132 valence electrons. The van der Waals surface area contributed by atoms with Crippen molar-refractivity contribution in [2.45, 2.75) is 6.42 Å². The molecular formula is C21H19NO4. The van der Waals surface area contributed by atoms with Gasteiger partial charge in [-0.15, -0.1) is 0 Å². The van der Waals surface area contributed by atoms with Gasteiger partial charge in [0.2, 0.25) is 0 Å². The summed E-state index contributed by atoms with van der Waals surface area (Å²) in [7, 11) is 1.52. The van der Waals surface area contributed by atoms with Crippen molar-refractivity contribution >= 4 is 28.3 Å². The molecule has 1 amide bonds. The van der Waals surface area contributed by atoms with E-state index in [0.29, 0.717) is 11.4 Å². The highest BCUT2D eigenvalue weighted by Crippen LogP contribution is 2.23. The van der Waals surface area contributed by atoms with Crippen molar-refractivity contribution < 1.29 is 19.1 Å². The smallest absolute Gasteiger partial charge is 0.310 e. The predicted molar refractivity (Wildman–Crippen MR) is 100 cm³/mol. The van der Waals surface area contributed by atoms with Crippen LogP contribution in [0, 0.1) is 0 Å². The summed E-state index contributed by atoms with van der Waals surface area (Å²) in [5, 5.41) is 4.74. The van der Waals surface area contributed by atoms with Crippen molar-refractivity contribution in [3.63, 3.8) is 0 Å². The molecule has 0 aliphatic rings. The van der Waals surface area contributed by atoms with Gasteiger partial charge in [0.25, 0.3) is 5.91 Å². The number of esters is 1. The van der Waals surface area contributed by atoms with Crippen LogP contribution >= 0.6 is 0 Å². The molecule has 26 heavy (non-hydrogen) atoms. The fourth-order valence-electron chi connectivity index (χ4n) is 2.73. The Hall–Kier alpha value is -3.34. The molecular weight excluding hydrogens is 330 g/mol. The SMILES string of the molecule is COc1ccccc1NC(=O)COC(=O)Cc1cccc2ccccc12. The Bertz CT molecular complexity index is 931. The average molecular weight is 349 g/mol. The number of ether oxygens (including phenoxy) is 2. The second-order valence-corrected chi connectivity index (χ2v) is 5.72. The Morgan fingerprint density at radius 3 is 2.50 bits per heavy atom. The minimum Gasteiger partial charge on any atom is -0.495 e. The van der Waals surface area contributed by atoms with E-state index in [4.69, 9.17) is 9.47 Å². The molecule has 0 saturated heterocycles. The zero-order valence-corrected chi connectivity index (χ0v) is 14.4. The number of hydrogen-bond donors (Lipinski definition) is 1. The largest absolute Gasteiger partial charge is 0.495 e. The average Bonchev–Trinajstić information content (AvgIpc) is 2.67. The Balaban J connectivity index is 1.57. The van der Waals surface area contributed by atoms with Crippen LogP contribution in [0.25, 0.3) is 10.8 Å². The Labute approximate surface area is 151 Å². The van der Waals surface area contributed by atoms with Crippen molar-refractivity contribution in [3.8, 4) is 5.75 Å². The molecule has 0 saturated carbocycles. The fraction of sp³-hybridized carbons (Fsp3) is 0.143. The van der Waals surface area contributed by atoms with Crippen LogP contribution in [0.1, 0.15) is 5.56 Å². The molecule has 5 nitrogen and oxygen atoms in total. The van der Waals surface area contributed by atoms with Crippen molar-refractivity contribution in [2.24, 2.45) is 0 Å². The summed E-state index contributed by atoms with van der Waals surface area (Å²) in [5.41, 5.74) is 1.41. The summed E-state index contributed by atoms with van der Waals surface area (Å²) in [5.74, 6) is -0.319. The molecule has 3 aromatic carbocycles. The van der Waals surface area contributed by atoms with Crippen LogP contribution < -0.4 is 10.1 Å². The first-order valence-corrected chi connectivity index (χ1v) is 8.22. The van der Waals surface area contributed by atoms with Crippen LogP contribution in [-0.4, -0.2) is 25.6 Å². The van der Waals surface area contributed by atoms with Gasteiger partial charge in [0.15, 0.2) is 6.61 Å². The Morgan fingerprint density at radius 2 is 1.65 bits per heavy atom. The summed E-state index contributed by atoms with van der Waals surface area (Å²) >= 11 is 0. The van der Waals surface area contributed by atoms with E-state index in [0.717, 1.165) is 16.3 Å². The van der Waals surface area contributed by atoms with Crippen LogP contribution in [0.15, 0.2) is 66.7 Å².